The van der Waals surface area contributed by atoms with Gasteiger partial charge in [0.1, 0.15) is 12.3 Å². The number of hydrogen-bond donors (Lipinski definition) is 0. The van der Waals surface area contributed by atoms with Crippen LogP contribution in [0.3, 0.4) is 0 Å². The van der Waals surface area contributed by atoms with Crippen LogP contribution >= 0.6 is 0 Å². The van der Waals surface area contributed by atoms with Crippen molar-refractivity contribution in [2.75, 3.05) is 21.2 Å². The molecule has 0 atom stereocenters. The van der Waals surface area contributed by atoms with E-state index in [0.717, 1.165) is 11.1 Å². The highest BCUT2D eigenvalue weighted by Gasteiger charge is 2.11. The van der Waals surface area contributed by atoms with E-state index in [1.165, 1.54) is 4.90 Å². The summed E-state index contributed by atoms with van der Waals surface area (Å²) >= 11 is 0. The summed E-state index contributed by atoms with van der Waals surface area (Å²) < 4.78 is 6.74. The predicted octanol–water partition coefficient (Wildman–Crippen LogP) is 1.52. The van der Waals surface area contributed by atoms with Crippen molar-refractivity contribution < 1.29 is 9.53 Å². The number of carbonyl (C=O) groups is 1. The van der Waals surface area contributed by atoms with E-state index in [0.29, 0.717) is 11.3 Å². The molecule has 1 heterocycles. The van der Waals surface area contributed by atoms with E-state index in [9.17, 15) is 10.1 Å². The average Bonchev–Trinajstić information content (AvgIpc) is 2.94. The Kier molecular flexibility index (Phi) is 4.24. The van der Waals surface area contributed by atoms with E-state index < -0.39 is 0 Å². The van der Waals surface area contributed by atoms with Gasteiger partial charge in [0.25, 0.3) is 0 Å². The van der Waals surface area contributed by atoms with Gasteiger partial charge in [0, 0.05) is 31.4 Å². The molecule has 0 saturated heterocycles. The Balaban J connectivity index is 2.33. The van der Waals surface area contributed by atoms with Crippen LogP contribution in [0.5, 0.6) is 5.75 Å². The number of aromatic nitrogens is 2. The molecule has 0 N–H and O–H groups in total. The van der Waals surface area contributed by atoms with Crippen LogP contribution in [0, 0.1) is 11.3 Å². The van der Waals surface area contributed by atoms with Crippen molar-refractivity contribution in [3.05, 3.63) is 36.2 Å². The van der Waals surface area contributed by atoms with Crippen LogP contribution in [0.4, 0.5) is 0 Å². The summed E-state index contributed by atoms with van der Waals surface area (Å²) in [6, 6.07) is 7.37. The maximum Gasteiger partial charge on any atom is 0.243 e. The Morgan fingerprint density at radius 2 is 2.24 bits per heavy atom. The molecular weight excluding hydrogens is 268 g/mol. The standard InChI is InChI=1S/C15H16N4O2/c1-18(2)15(20)10-19-9-12(8-17-19)14-6-13(21-3)5-4-11(14)7-16/h4-6,8-9H,10H2,1-3H3. The third-order valence-electron chi connectivity index (χ3n) is 3.09. The SMILES string of the molecule is COc1ccc(C#N)c(-c2cnn(CC(=O)N(C)C)c2)c1. The minimum absolute atomic E-state index is 0.0456. The lowest BCUT2D eigenvalue weighted by molar-refractivity contribution is -0.129. The summed E-state index contributed by atoms with van der Waals surface area (Å²) in [5.74, 6) is 0.622. The minimum atomic E-state index is -0.0456. The maximum atomic E-state index is 11.7. The number of ether oxygens (including phenoxy) is 1. The number of likely N-dealkylation sites (N-methyl/N-ethyl adjacent to an activating group) is 1. The van der Waals surface area contributed by atoms with Gasteiger partial charge in [0.15, 0.2) is 0 Å². The molecule has 21 heavy (non-hydrogen) atoms. The average molecular weight is 284 g/mol. The molecule has 0 unspecified atom stereocenters. The number of nitrogens with zero attached hydrogens (tertiary/aromatic N) is 4. The third-order valence-corrected chi connectivity index (χ3v) is 3.09. The molecule has 1 aromatic carbocycles. The highest BCUT2D eigenvalue weighted by molar-refractivity contribution is 5.76. The summed E-state index contributed by atoms with van der Waals surface area (Å²) in [5.41, 5.74) is 2.05. The van der Waals surface area contributed by atoms with Gasteiger partial charge < -0.3 is 9.64 Å². The van der Waals surface area contributed by atoms with Gasteiger partial charge >= 0.3 is 0 Å². The Labute approximate surface area is 123 Å². The molecule has 2 aromatic rings. The summed E-state index contributed by atoms with van der Waals surface area (Å²) in [6.45, 7) is 0.166. The van der Waals surface area contributed by atoms with E-state index in [4.69, 9.17) is 4.74 Å². The molecule has 1 amide bonds. The zero-order valence-electron chi connectivity index (χ0n) is 12.2. The first kappa shape index (κ1) is 14.6. The van der Waals surface area contributed by atoms with E-state index in [2.05, 4.69) is 11.2 Å². The molecule has 1 aromatic heterocycles. The second-order valence-corrected chi connectivity index (χ2v) is 4.74. The van der Waals surface area contributed by atoms with Gasteiger partial charge in [-0.2, -0.15) is 10.4 Å². The fraction of sp³-hybridized carbons (Fsp3) is 0.267. The van der Waals surface area contributed by atoms with Crippen molar-refractivity contribution in [1.29, 1.82) is 5.26 Å². The van der Waals surface area contributed by atoms with Crippen LogP contribution in [0.1, 0.15) is 5.56 Å². The first-order chi connectivity index (χ1) is 10.0. The highest BCUT2D eigenvalue weighted by atomic mass is 16.5. The second-order valence-electron chi connectivity index (χ2n) is 4.74. The predicted molar refractivity (Wildman–Crippen MR) is 77.6 cm³/mol. The van der Waals surface area contributed by atoms with Gasteiger partial charge in [0.05, 0.1) is 24.9 Å². The van der Waals surface area contributed by atoms with Crippen molar-refractivity contribution in [1.82, 2.24) is 14.7 Å². The third kappa shape index (κ3) is 3.20. The first-order valence-electron chi connectivity index (χ1n) is 6.36. The monoisotopic (exact) mass is 284 g/mol. The number of hydrogen-bond acceptors (Lipinski definition) is 4. The van der Waals surface area contributed by atoms with Crippen LogP contribution in [-0.2, 0) is 11.3 Å². The van der Waals surface area contributed by atoms with Crippen LogP contribution in [0.2, 0.25) is 0 Å². The summed E-state index contributed by atoms with van der Waals surface area (Å²) in [4.78, 5) is 13.2. The first-order valence-corrected chi connectivity index (χ1v) is 6.36. The number of benzene rings is 1. The Hall–Kier alpha value is -2.81. The van der Waals surface area contributed by atoms with Gasteiger partial charge in [-0.15, -0.1) is 0 Å². The van der Waals surface area contributed by atoms with Crippen molar-refractivity contribution in [2.24, 2.45) is 0 Å². The number of methoxy groups -OCH3 is 1. The van der Waals surface area contributed by atoms with E-state index in [-0.39, 0.29) is 12.5 Å². The Morgan fingerprint density at radius 3 is 2.86 bits per heavy atom. The van der Waals surface area contributed by atoms with Crippen molar-refractivity contribution in [3.8, 4) is 22.9 Å². The summed E-state index contributed by atoms with van der Waals surface area (Å²) in [6.07, 6.45) is 3.38. The minimum Gasteiger partial charge on any atom is -0.497 e. The number of amides is 1. The number of rotatable bonds is 4. The van der Waals surface area contributed by atoms with Crippen LogP contribution in [0.15, 0.2) is 30.6 Å². The van der Waals surface area contributed by atoms with Crippen molar-refractivity contribution >= 4 is 5.91 Å². The zero-order valence-corrected chi connectivity index (χ0v) is 12.2. The fourth-order valence-electron chi connectivity index (χ4n) is 1.86. The zero-order chi connectivity index (χ0) is 15.4. The van der Waals surface area contributed by atoms with Crippen LogP contribution in [-0.4, -0.2) is 41.8 Å². The number of carbonyl (C=O) groups excluding carboxylic acids is 1. The molecule has 0 aliphatic carbocycles. The topological polar surface area (TPSA) is 71.1 Å². The lowest BCUT2D eigenvalue weighted by atomic mass is 10.0. The highest BCUT2D eigenvalue weighted by Crippen LogP contribution is 2.27. The van der Waals surface area contributed by atoms with Crippen LogP contribution in [0.25, 0.3) is 11.1 Å². The molecule has 0 fully saturated rings. The molecule has 0 bridgehead atoms. The molecule has 0 aliphatic rings. The Bertz CT molecular complexity index is 698. The van der Waals surface area contributed by atoms with Gasteiger partial charge in [-0.05, 0) is 18.2 Å². The van der Waals surface area contributed by atoms with Gasteiger partial charge in [-0.1, -0.05) is 0 Å². The molecular formula is C15H16N4O2. The molecule has 2 rings (SSSR count). The second kappa shape index (κ2) is 6.09. The number of nitriles is 1. The molecule has 0 aliphatic heterocycles. The summed E-state index contributed by atoms with van der Waals surface area (Å²) in [5, 5.41) is 13.4. The normalized spacial score (nSPS) is 10.0. The largest absolute Gasteiger partial charge is 0.497 e. The van der Waals surface area contributed by atoms with Gasteiger partial charge in [0.2, 0.25) is 5.91 Å². The fourth-order valence-corrected chi connectivity index (χ4v) is 1.86. The molecule has 0 saturated carbocycles. The van der Waals surface area contributed by atoms with E-state index in [1.54, 1.807) is 56.5 Å². The quantitative estimate of drug-likeness (QED) is 0.853. The van der Waals surface area contributed by atoms with Crippen molar-refractivity contribution in [2.45, 2.75) is 6.54 Å². The van der Waals surface area contributed by atoms with Crippen molar-refractivity contribution in [3.63, 3.8) is 0 Å². The van der Waals surface area contributed by atoms with E-state index in [1.807, 2.05) is 0 Å². The molecule has 0 radical (unpaired) electrons. The molecule has 6 nitrogen and oxygen atoms in total. The van der Waals surface area contributed by atoms with Gasteiger partial charge in [-0.3, -0.25) is 9.48 Å². The van der Waals surface area contributed by atoms with E-state index >= 15 is 0 Å². The molecule has 0 spiro atoms. The van der Waals surface area contributed by atoms with Crippen LogP contribution < -0.4 is 4.74 Å². The van der Waals surface area contributed by atoms with Gasteiger partial charge in [-0.25, -0.2) is 0 Å². The summed E-state index contributed by atoms with van der Waals surface area (Å²) in [7, 11) is 4.97. The molecule has 108 valence electrons. The lowest BCUT2D eigenvalue weighted by Gasteiger charge is -2.09. The Morgan fingerprint density at radius 1 is 1.48 bits per heavy atom. The lowest BCUT2D eigenvalue weighted by Crippen LogP contribution is -2.26. The molecule has 6 heteroatoms. The smallest absolute Gasteiger partial charge is 0.243 e. The maximum absolute atomic E-state index is 11.7.